The molecular formula is C17H18N4O2. The minimum Gasteiger partial charge on any atom is -0.355 e. The normalized spacial score (nSPS) is 13.1. The van der Waals surface area contributed by atoms with Gasteiger partial charge in [-0.25, -0.2) is 0 Å². The lowest BCUT2D eigenvalue weighted by Gasteiger charge is -2.17. The Morgan fingerprint density at radius 1 is 1.35 bits per heavy atom. The van der Waals surface area contributed by atoms with Crippen LogP contribution in [0.15, 0.2) is 36.8 Å². The number of anilines is 1. The minimum atomic E-state index is -0.153. The number of nitrogens with zero attached hydrogens (tertiary/aromatic N) is 3. The number of nitrogens with one attached hydrogen (secondary N) is 1. The molecule has 0 fully saturated rings. The van der Waals surface area contributed by atoms with Gasteiger partial charge in [-0.2, -0.15) is 0 Å². The highest BCUT2D eigenvalue weighted by molar-refractivity contribution is 6.05. The molecule has 0 spiro atoms. The Labute approximate surface area is 134 Å². The SMILES string of the molecule is CCCNC(=O)CN1C(=O)Cc2ncc(-c3cccnc3)cc21. The fourth-order valence-electron chi connectivity index (χ4n) is 2.55. The molecule has 6 heteroatoms. The number of hydrogen-bond donors (Lipinski definition) is 1. The highest BCUT2D eigenvalue weighted by Gasteiger charge is 2.30. The summed E-state index contributed by atoms with van der Waals surface area (Å²) in [5.41, 5.74) is 3.23. The molecule has 0 aromatic carbocycles. The van der Waals surface area contributed by atoms with E-state index in [2.05, 4.69) is 15.3 Å². The summed E-state index contributed by atoms with van der Waals surface area (Å²) in [5, 5.41) is 2.79. The Morgan fingerprint density at radius 2 is 2.22 bits per heavy atom. The van der Waals surface area contributed by atoms with E-state index in [4.69, 9.17) is 0 Å². The lowest BCUT2D eigenvalue weighted by atomic mass is 10.1. The summed E-state index contributed by atoms with van der Waals surface area (Å²) >= 11 is 0. The number of pyridine rings is 2. The Hall–Kier alpha value is -2.76. The molecule has 0 bridgehead atoms. The van der Waals surface area contributed by atoms with Gasteiger partial charge in [-0.3, -0.25) is 19.6 Å². The molecule has 23 heavy (non-hydrogen) atoms. The monoisotopic (exact) mass is 310 g/mol. The number of aromatic nitrogens is 2. The van der Waals surface area contributed by atoms with Gasteiger partial charge in [-0.1, -0.05) is 13.0 Å². The third kappa shape index (κ3) is 3.21. The van der Waals surface area contributed by atoms with Crippen LogP contribution in [0.5, 0.6) is 0 Å². The van der Waals surface area contributed by atoms with Crippen LogP contribution in [0.3, 0.4) is 0 Å². The Morgan fingerprint density at radius 3 is 2.96 bits per heavy atom. The third-order valence-electron chi connectivity index (χ3n) is 3.73. The maximum Gasteiger partial charge on any atom is 0.240 e. The summed E-state index contributed by atoms with van der Waals surface area (Å²) in [5.74, 6) is -0.248. The summed E-state index contributed by atoms with van der Waals surface area (Å²) in [7, 11) is 0. The summed E-state index contributed by atoms with van der Waals surface area (Å²) < 4.78 is 0. The molecule has 1 aliphatic heterocycles. The third-order valence-corrected chi connectivity index (χ3v) is 3.73. The van der Waals surface area contributed by atoms with Gasteiger partial charge in [0.15, 0.2) is 0 Å². The lowest BCUT2D eigenvalue weighted by molar-refractivity contribution is -0.123. The molecule has 6 nitrogen and oxygen atoms in total. The van der Waals surface area contributed by atoms with E-state index in [-0.39, 0.29) is 24.8 Å². The molecule has 0 atom stereocenters. The highest BCUT2D eigenvalue weighted by atomic mass is 16.2. The van der Waals surface area contributed by atoms with E-state index in [1.807, 2.05) is 25.1 Å². The number of carbonyl (C=O) groups excluding carboxylic acids is 2. The van der Waals surface area contributed by atoms with Crippen LogP contribution in [-0.4, -0.2) is 34.9 Å². The largest absolute Gasteiger partial charge is 0.355 e. The van der Waals surface area contributed by atoms with Crippen molar-refractivity contribution in [2.75, 3.05) is 18.0 Å². The van der Waals surface area contributed by atoms with E-state index in [9.17, 15) is 9.59 Å². The number of carbonyl (C=O) groups is 2. The van der Waals surface area contributed by atoms with Gasteiger partial charge in [0.05, 0.1) is 17.8 Å². The maximum atomic E-state index is 12.2. The second-order valence-corrected chi connectivity index (χ2v) is 5.44. The van der Waals surface area contributed by atoms with E-state index in [0.29, 0.717) is 17.9 Å². The average molecular weight is 310 g/mol. The molecular weight excluding hydrogens is 292 g/mol. The van der Waals surface area contributed by atoms with Gasteiger partial charge in [-0.05, 0) is 18.6 Å². The quantitative estimate of drug-likeness (QED) is 0.909. The van der Waals surface area contributed by atoms with Gasteiger partial charge in [0, 0.05) is 36.3 Å². The molecule has 0 saturated carbocycles. The van der Waals surface area contributed by atoms with Crippen LogP contribution >= 0.6 is 0 Å². The van der Waals surface area contributed by atoms with Gasteiger partial charge in [0.2, 0.25) is 11.8 Å². The molecule has 0 unspecified atom stereocenters. The van der Waals surface area contributed by atoms with Crippen LogP contribution in [0.4, 0.5) is 5.69 Å². The highest BCUT2D eigenvalue weighted by Crippen LogP contribution is 2.31. The van der Waals surface area contributed by atoms with E-state index in [0.717, 1.165) is 17.5 Å². The van der Waals surface area contributed by atoms with E-state index in [1.165, 1.54) is 4.90 Å². The zero-order chi connectivity index (χ0) is 16.2. The first-order chi connectivity index (χ1) is 11.2. The summed E-state index contributed by atoms with van der Waals surface area (Å²) in [4.78, 5) is 34.1. The molecule has 2 aromatic heterocycles. The van der Waals surface area contributed by atoms with Crippen LogP contribution in [0.25, 0.3) is 11.1 Å². The van der Waals surface area contributed by atoms with Crippen LogP contribution in [0, 0.1) is 0 Å². The Balaban J connectivity index is 1.86. The predicted molar refractivity (Wildman–Crippen MR) is 86.8 cm³/mol. The zero-order valence-corrected chi connectivity index (χ0v) is 13.0. The summed E-state index contributed by atoms with van der Waals surface area (Å²) in [6.07, 6.45) is 6.30. The van der Waals surface area contributed by atoms with Crippen molar-refractivity contribution in [2.45, 2.75) is 19.8 Å². The van der Waals surface area contributed by atoms with Crippen molar-refractivity contribution in [3.8, 4) is 11.1 Å². The molecule has 0 aliphatic carbocycles. The van der Waals surface area contributed by atoms with E-state index >= 15 is 0 Å². The number of hydrogen-bond acceptors (Lipinski definition) is 4. The van der Waals surface area contributed by atoms with Crippen molar-refractivity contribution in [3.05, 3.63) is 42.5 Å². The first-order valence-electron chi connectivity index (χ1n) is 7.65. The van der Waals surface area contributed by atoms with Crippen molar-refractivity contribution in [2.24, 2.45) is 0 Å². The van der Waals surface area contributed by atoms with Gasteiger partial charge in [0.25, 0.3) is 0 Å². The molecule has 3 heterocycles. The van der Waals surface area contributed by atoms with Gasteiger partial charge in [-0.15, -0.1) is 0 Å². The molecule has 0 saturated heterocycles. The second kappa shape index (κ2) is 6.56. The van der Waals surface area contributed by atoms with Gasteiger partial charge < -0.3 is 10.2 Å². The van der Waals surface area contributed by atoms with Crippen LogP contribution in [0.1, 0.15) is 19.0 Å². The Bertz CT molecular complexity index is 731. The van der Waals surface area contributed by atoms with Crippen molar-refractivity contribution in [1.29, 1.82) is 0 Å². The molecule has 1 N–H and O–H groups in total. The fraction of sp³-hybridized carbons (Fsp3) is 0.294. The molecule has 0 radical (unpaired) electrons. The van der Waals surface area contributed by atoms with E-state index < -0.39 is 0 Å². The van der Waals surface area contributed by atoms with Crippen LogP contribution < -0.4 is 10.2 Å². The molecule has 118 valence electrons. The fourth-order valence-corrected chi connectivity index (χ4v) is 2.55. The smallest absolute Gasteiger partial charge is 0.240 e. The average Bonchev–Trinajstić information content (AvgIpc) is 2.89. The first-order valence-corrected chi connectivity index (χ1v) is 7.65. The molecule has 2 aromatic rings. The predicted octanol–water partition coefficient (Wildman–Crippen LogP) is 1.56. The van der Waals surface area contributed by atoms with Crippen molar-refractivity contribution in [3.63, 3.8) is 0 Å². The zero-order valence-electron chi connectivity index (χ0n) is 13.0. The molecule has 1 aliphatic rings. The minimum absolute atomic E-state index is 0.0318. The standard InChI is InChI=1S/C17H18N4O2/c1-2-5-19-16(22)11-21-15-7-13(12-4-3-6-18-9-12)10-20-14(15)8-17(21)23/h3-4,6-7,9-10H,2,5,8,11H2,1H3,(H,19,22). The van der Waals surface area contributed by atoms with Gasteiger partial charge in [0.1, 0.15) is 6.54 Å². The van der Waals surface area contributed by atoms with Gasteiger partial charge >= 0.3 is 0 Å². The number of amides is 2. The number of rotatable bonds is 5. The Kier molecular flexibility index (Phi) is 4.32. The van der Waals surface area contributed by atoms with Crippen LogP contribution in [-0.2, 0) is 16.0 Å². The number of fused-ring (bicyclic) bond motifs is 1. The molecule has 3 rings (SSSR count). The molecule has 2 amide bonds. The van der Waals surface area contributed by atoms with Crippen molar-refractivity contribution >= 4 is 17.5 Å². The van der Waals surface area contributed by atoms with Crippen LogP contribution in [0.2, 0.25) is 0 Å². The summed E-state index contributed by atoms with van der Waals surface area (Å²) in [6.45, 7) is 2.63. The maximum absolute atomic E-state index is 12.2. The van der Waals surface area contributed by atoms with E-state index in [1.54, 1.807) is 18.6 Å². The van der Waals surface area contributed by atoms with Crippen molar-refractivity contribution in [1.82, 2.24) is 15.3 Å². The lowest BCUT2D eigenvalue weighted by Crippen LogP contribution is -2.39. The first kappa shape index (κ1) is 15.1. The topological polar surface area (TPSA) is 75.2 Å². The second-order valence-electron chi connectivity index (χ2n) is 5.44. The van der Waals surface area contributed by atoms with Crippen molar-refractivity contribution < 1.29 is 9.59 Å². The summed E-state index contributed by atoms with van der Waals surface area (Å²) in [6, 6.07) is 5.69.